The molecule has 0 saturated carbocycles. The molecule has 0 saturated heterocycles. The van der Waals surface area contributed by atoms with Crippen molar-refractivity contribution in [2.45, 2.75) is 52.4 Å². The second-order valence-electron chi connectivity index (χ2n) is 6.41. The molecule has 2 unspecified atom stereocenters. The van der Waals surface area contributed by atoms with Gasteiger partial charge in [0, 0.05) is 0 Å². The van der Waals surface area contributed by atoms with Gasteiger partial charge >= 0.3 is 0 Å². The fourth-order valence-corrected chi connectivity index (χ4v) is 3.16. The first-order valence-electron chi connectivity index (χ1n) is 9.02. The predicted molar refractivity (Wildman–Crippen MR) is 114 cm³/mol. The van der Waals surface area contributed by atoms with E-state index in [1.165, 1.54) is 43.3 Å². The molecular formula is C23H33P. The van der Waals surface area contributed by atoms with Gasteiger partial charge < -0.3 is 0 Å². The van der Waals surface area contributed by atoms with Crippen molar-refractivity contribution in [1.82, 2.24) is 0 Å². The summed E-state index contributed by atoms with van der Waals surface area (Å²) in [6, 6.07) is 0. The van der Waals surface area contributed by atoms with Crippen LogP contribution in [0.25, 0.3) is 0 Å². The van der Waals surface area contributed by atoms with E-state index in [-0.39, 0.29) is 0 Å². The largest absolute Gasteiger partial charge is 0.114 e. The van der Waals surface area contributed by atoms with Crippen molar-refractivity contribution in [3.63, 3.8) is 0 Å². The standard InChI is InChI=1S/C23H33P/c1-5-22(16-11-17-24)20(4)18-23(6-2)19(3)12-10-15-21-13-8-7-9-14-21/h5-6,8,11,13-14,16-17,19H,1,4,7,9-10,12,15,18,24H2,2-3H3/b17-11-,22-16-,23-6+. The van der Waals surface area contributed by atoms with E-state index in [2.05, 4.69) is 66.6 Å². The van der Waals surface area contributed by atoms with E-state index in [0.29, 0.717) is 5.92 Å². The van der Waals surface area contributed by atoms with E-state index in [9.17, 15) is 0 Å². The summed E-state index contributed by atoms with van der Waals surface area (Å²) in [5, 5.41) is 0. The van der Waals surface area contributed by atoms with Gasteiger partial charge in [0.2, 0.25) is 0 Å². The molecule has 130 valence electrons. The zero-order chi connectivity index (χ0) is 17.8. The first-order valence-corrected chi connectivity index (χ1v) is 9.68. The molecule has 0 fully saturated rings. The first kappa shape index (κ1) is 20.7. The van der Waals surface area contributed by atoms with E-state index in [1.807, 2.05) is 18.0 Å². The van der Waals surface area contributed by atoms with Crippen LogP contribution in [0.4, 0.5) is 0 Å². The van der Waals surface area contributed by atoms with Crippen LogP contribution in [0.3, 0.4) is 0 Å². The van der Waals surface area contributed by atoms with Gasteiger partial charge in [0.25, 0.3) is 0 Å². The number of allylic oxidation sites excluding steroid dienone is 11. The van der Waals surface area contributed by atoms with E-state index in [4.69, 9.17) is 0 Å². The molecule has 0 aromatic carbocycles. The van der Waals surface area contributed by atoms with Crippen LogP contribution in [-0.4, -0.2) is 0 Å². The number of hydrogen-bond acceptors (Lipinski definition) is 0. The lowest BCUT2D eigenvalue weighted by molar-refractivity contribution is 0.568. The Morgan fingerprint density at radius 2 is 2.17 bits per heavy atom. The van der Waals surface area contributed by atoms with Crippen LogP contribution in [0.1, 0.15) is 52.4 Å². The van der Waals surface area contributed by atoms with Crippen molar-refractivity contribution in [2.24, 2.45) is 5.92 Å². The van der Waals surface area contributed by atoms with E-state index >= 15 is 0 Å². The molecule has 1 aliphatic rings. The zero-order valence-electron chi connectivity index (χ0n) is 15.4. The molecule has 0 spiro atoms. The number of rotatable bonds is 10. The SMILES string of the molecule is C=C/C(=C/C=C\P)C(=C)C/C(=C\C)C(C)CCCC1=CCCC=C1. The van der Waals surface area contributed by atoms with Gasteiger partial charge in [-0.3, -0.25) is 0 Å². The smallest absolute Gasteiger partial charge is 0.00645 e. The lowest BCUT2D eigenvalue weighted by atomic mass is 9.87. The third-order valence-corrected chi connectivity index (χ3v) is 4.83. The highest BCUT2D eigenvalue weighted by atomic mass is 31.0. The van der Waals surface area contributed by atoms with Crippen LogP contribution >= 0.6 is 9.24 Å². The third-order valence-electron chi connectivity index (χ3n) is 4.61. The third kappa shape index (κ3) is 7.45. The summed E-state index contributed by atoms with van der Waals surface area (Å²) in [5.74, 6) is 2.55. The molecule has 0 bridgehead atoms. The summed E-state index contributed by atoms with van der Waals surface area (Å²) in [7, 11) is 2.59. The molecule has 1 aliphatic carbocycles. The van der Waals surface area contributed by atoms with Crippen molar-refractivity contribution >= 4 is 9.24 Å². The van der Waals surface area contributed by atoms with Gasteiger partial charge in [0.1, 0.15) is 0 Å². The fourth-order valence-electron chi connectivity index (χ4n) is 3.05. The van der Waals surface area contributed by atoms with Crippen molar-refractivity contribution in [1.29, 1.82) is 0 Å². The van der Waals surface area contributed by atoms with Gasteiger partial charge in [0.15, 0.2) is 0 Å². The van der Waals surface area contributed by atoms with Gasteiger partial charge in [-0.05, 0) is 62.5 Å². The van der Waals surface area contributed by atoms with Crippen LogP contribution in [0.5, 0.6) is 0 Å². The maximum atomic E-state index is 4.26. The highest BCUT2D eigenvalue weighted by Gasteiger charge is 2.11. The number of hydrogen-bond donors (Lipinski definition) is 0. The minimum absolute atomic E-state index is 0.600. The molecule has 0 heterocycles. The molecule has 0 N–H and O–H groups in total. The van der Waals surface area contributed by atoms with E-state index in [0.717, 1.165) is 17.6 Å². The first-order chi connectivity index (χ1) is 11.6. The molecule has 1 rings (SSSR count). The highest BCUT2D eigenvalue weighted by molar-refractivity contribution is 7.20. The van der Waals surface area contributed by atoms with Crippen LogP contribution in [0, 0.1) is 5.92 Å². The predicted octanol–water partition coefficient (Wildman–Crippen LogP) is 7.46. The molecule has 0 radical (unpaired) electrons. The summed E-state index contributed by atoms with van der Waals surface area (Å²) in [4.78, 5) is 0. The lowest BCUT2D eigenvalue weighted by Crippen LogP contribution is -2.02. The summed E-state index contributed by atoms with van der Waals surface area (Å²) in [5.41, 5.74) is 5.26. The molecule has 0 nitrogen and oxygen atoms in total. The molecule has 24 heavy (non-hydrogen) atoms. The Morgan fingerprint density at radius 1 is 1.38 bits per heavy atom. The normalized spacial score (nSPS) is 17.0. The molecular weight excluding hydrogens is 307 g/mol. The summed E-state index contributed by atoms with van der Waals surface area (Å²) in [6.07, 6.45) is 22.3. The van der Waals surface area contributed by atoms with Crippen LogP contribution in [0.15, 0.2) is 83.8 Å². The minimum Gasteiger partial charge on any atom is -0.114 e. The van der Waals surface area contributed by atoms with Crippen molar-refractivity contribution in [2.75, 3.05) is 0 Å². The topological polar surface area (TPSA) is 0 Å². The van der Waals surface area contributed by atoms with Gasteiger partial charge in [-0.1, -0.05) is 79.6 Å². The monoisotopic (exact) mass is 340 g/mol. The summed E-state index contributed by atoms with van der Waals surface area (Å²) < 4.78 is 0. The van der Waals surface area contributed by atoms with Gasteiger partial charge in [-0.15, -0.1) is 9.24 Å². The molecule has 1 heteroatoms. The highest BCUT2D eigenvalue weighted by Crippen LogP contribution is 2.28. The Morgan fingerprint density at radius 3 is 2.75 bits per heavy atom. The Bertz CT molecular complexity index is 567. The van der Waals surface area contributed by atoms with Crippen LogP contribution in [0.2, 0.25) is 0 Å². The Kier molecular flexibility index (Phi) is 10.4. The summed E-state index contributed by atoms with van der Waals surface area (Å²) >= 11 is 0. The van der Waals surface area contributed by atoms with Gasteiger partial charge in [0.05, 0.1) is 0 Å². The molecule has 0 aromatic rings. The maximum Gasteiger partial charge on any atom is -0.00645 e. The zero-order valence-corrected chi connectivity index (χ0v) is 16.6. The molecule has 0 amide bonds. The Labute approximate surface area is 151 Å². The second kappa shape index (κ2) is 12.0. The average Bonchev–Trinajstić information content (AvgIpc) is 2.61. The van der Waals surface area contributed by atoms with Gasteiger partial charge in [-0.25, -0.2) is 0 Å². The van der Waals surface area contributed by atoms with Crippen LogP contribution in [-0.2, 0) is 0 Å². The van der Waals surface area contributed by atoms with E-state index in [1.54, 1.807) is 0 Å². The van der Waals surface area contributed by atoms with E-state index < -0.39 is 0 Å². The van der Waals surface area contributed by atoms with Crippen molar-refractivity contribution in [3.8, 4) is 0 Å². The lowest BCUT2D eigenvalue weighted by Gasteiger charge is -2.18. The summed E-state index contributed by atoms with van der Waals surface area (Å²) in [6.45, 7) is 12.7. The molecule has 2 atom stereocenters. The Balaban J connectivity index is 2.52. The minimum atomic E-state index is 0.600. The average molecular weight is 340 g/mol. The fraction of sp³-hybridized carbons (Fsp3) is 0.391. The van der Waals surface area contributed by atoms with Crippen molar-refractivity contribution in [3.05, 3.63) is 83.8 Å². The van der Waals surface area contributed by atoms with Crippen LogP contribution < -0.4 is 0 Å². The molecule has 0 aromatic heterocycles. The Hall–Kier alpha value is -1.39. The van der Waals surface area contributed by atoms with Gasteiger partial charge in [-0.2, -0.15) is 0 Å². The quantitative estimate of drug-likeness (QED) is 0.220. The second-order valence-corrected chi connectivity index (χ2v) is 6.79. The molecule has 0 aliphatic heterocycles. The maximum absolute atomic E-state index is 4.26. The van der Waals surface area contributed by atoms with Crippen molar-refractivity contribution < 1.29 is 0 Å².